The highest BCUT2D eigenvalue weighted by atomic mass is 19.1. The molecule has 1 aromatic rings. The summed E-state index contributed by atoms with van der Waals surface area (Å²) in [7, 11) is 0. The first-order valence-electron chi connectivity index (χ1n) is 6.66. The highest BCUT2D eigenvalue weighted by Crippen LogP contribution is 2.08. The molecule has 5 nitrogen and oxygen atoms in total. The van der Waals surface area contributed by atoms with Crippen LogP contribution in [0.3, 0.4) is 0 Å². The molecular weight excluding hydrogens is 275 g/mol. The number of nitrogens with zero attached hydrogens (tertiary/aromatic N) is 2. The lowest BCUT2D eigenvalue weighted by atomic mass is 10.2. The molecule has 0 fully saturated rings. The number of esters is 1. The van der Waals surface area contributed by atoms with Crippen LogP contribution in [0.15, 0.2) is 24.3 Å². The molecule has 0 unspecified atom stereocenters. The van der Waals surface area contributed by atoms with Gasteiger partial charge in [0.15, 0.2) is 0 Å². The predicted octanol–water partition coefficient (Wildman–Crippen LogP) is 2.13. The van der Waals surface area contributed by atoms with E-state index in [4.69, 9.17) is 10.00 Å². The van der Waals surface area contributed by atoms with Crippen LogP contribution in [0.4, 0.5) is 4.39 Å². The molecule has 0 N–H and O–H groups in total. The average molecular weight is 292 g/mol. The molecule has 0 aliphatic carbocycles. The molecule has 1 rings (SSSR count). The predicted molar refractivity (Wildman–Crippen MR) is 73.8 cm³/mol. The molecule has 0 aliphatic heterocycles. The molecule has 0 heterocycles. The third-order valence-corrected chi connectivity index (χ3v) is 2.76. The molecular formula is C15H17FN2O3. The summed E-state index contributed by atoms with van der Waals surface area (Å²) in [5.74, 6) is -1.16. The molecule has 21 heavy (non-hydrogen) atoms. The van der Waals surface area contributed by atoms with E-state index in [-0.39, 0.29) is 38.4 Å². The summed E-state index contributed by atoms with van der Waals surface area (Å²) in [6.07, 6.45) is 0.224. The number of benzene rings is 1. The van der Waals surface area contributed by atoms with Crippen LogP contribution in [0.5, 0.6) is 0 Å². The van der Waals surface area contributed by atoms with E-state index >= 15 is 0 Å². The summed E-state index contributed by atoms with van der Waals surface area (Å²) in [6, 6.07) is 7.10. The Balaban J connectivity index is 2.71. The Kier molecular flexibility index (Phi) is 6.88. The van der Waals surface area contributed by atoms with Gasteiger partial charge in [-0.1, -0.05) is 0 Å². The van der Waals surface area contributed by atoms with Crippen LogP contribution in [-0.4, -0.2) is 36.5 Å². The number of rotatable bonds is 7. The quantitative estimate of drug-likeness (QED) is 0.722. The molecule has 0 spiro atoms. The lowest BCUT2D eigenvalue weighted by Gasteiger charge is -2.21. The van der Waals surface area contributed by atoms with Crippen molar-refractivity contribution in [1.29, 1.82) is 5.26 Å². The smallest absolute Gasteiger partial charge is 0.307 e. The average Bonchev–Trinajstić information content (AvgIpc) is 2.48. The van der Waals surface area contributed by atoms with Gasteiger partial charge in [0.1, 0.15) is 5.82 Å². The van der Waals surface area contributed by atoms with Gasteiger partial charge >= 0.3 is 5.97 Å². The van der Waals surface area contributed by atoms with Crippen molar-refractivity contribution in [3.8, 4) is 6.07 Å². The Morgan fingerprint density at radius 3 is 2.52 bits per heavy atom. The third kappa shape index (κ3) is 5.61. The van der Waals surface area contributed by atoms with Gasteiger partial charge in [0.25, 0.3) is 5.91 Å². The molecule has 0 radical (unpaired) electrons. The fraction of sp³-hybridized carbons (Fsp3) is 0.400. The van der Waals surface area contributed by atoms with E-state index in [1.54, 1.807) is 6.92 Å². The van der Waals surface area contributed by atoms with Gasteiger partial charge in [0.2, 0.25) is 0 Å². The van der Waals surface area contributed by atoms with Crippen LogP contribution in [-0.2, 0) is 9.53 Å². The molecule has 0 aromatic heterocycles. The van der Waals surface area contributed by atoms with Crippen LogP contribution in [0.25, 0.3) is 0 Å². The van der Waals surface area contributed by atoms with Gasteiger partial charge in [0.05, 0.1) is 25.5 Å². The minimum atomic E-state index is -0.429. The maximum absolute atomic E-state index is 12.9. The normalized spacial score (nSPS) is 9.76. The zero-order valence-corrected chi connectivity index (χ0v) is 11.8. The summed E-state index contributed by atoms with van der Waals surface area (Å²) < 4.78 is 17.7. The molecule has 1 amide bonds. The van der Waals surface area contributed by atoms with Crippen molar-refractivity contribution in [3.63, 3.8) is 0 Å². The molecule has 0 atom stereocenters. The number of carbonyl (C=O) groups is 2. The highest BCUT2D eigenvalue weighted by molar-refractivity contribution is 5.94. The summed E-state index contributed by atoms with van der Waals surface area (Å²) in [4.78, 5) is 25.0. The first kappa shape index (κ1) is 16.6. The SMILES string of the molecule is CCOC(=O)CCN(CCC#N)C(=O)c1ccc(F)cc1. The summed E-state index contributed by atoms with van der Waals surface area (Å²) in [5.41, 5.74) is 0.318. The van der Waals surface area contributed by atoms with E-state index in [1.807, 2.05) is 6.07 Å². The van der Waals surface area contributed by atoms with Gasteiger partial charge in [0, 0.05) is 18.7 Å². The van der Waals surface area contributed by atoms with Crippen LogP contribution in [0.2, 0.25) is 0 Å². The topological polar surface area (TPSA) is 70.4 Å². The zero-order valence-electron chi connectivity index (χ0n) is 11.8. The second-order valence-electron chi connectivity index (χ2n) is 4.26. The van der Waals surface area contributed by atoms with Gasteiger partial charge in [-0.05, 0) is 31.2 Å². The number of carbonyl (C=O) groups excluding carboxylic acids is 2. The summed E-state index contributed by atoms with van der Waals surface area (Å²) >= 11 is 0. The standard InChI is InChI=1S/C15H17FN2O3/c1-2-21-14(19)8-11-18(10-3-9-17)15(20)12-4-6-13(16)7-5-12/h4-7H,2-3,8,10-11H2,1H3. The van der Waals surface area contributed by atoms with Gasteiger partial charge in [-0.15, -0.1) is 0 Å². The zero-order chi connectivity index (χ0) is 15.7. The molecule has 1 aromatic carbocycles. The highest BCUT2D eigenvalue weighted by Gasteiger charge is 2.17. The maximum Gasteiger partial charge on any atom is 0.307 e. The van der Waals surface area contributed by atoms with E-state index in [1.165, 1.54) is 29.2 Å². The molecule has 0 saturated heterocycles. The van der Waals surface area contributed by atoms with Crippen LogP contribution in [0.1, 0.15) is 30.1 Å². The van der Waals surface area contributed by atoms with Gasteiger partial charge in [-0.3, -0.25) is 9.59 Å². The Morgan fingerprint density at radius 1 is 1.29 bits per heavy atom. The van der Waals surface area contributed by atoms with Crippen LogP contribution < -0.4 is 0 Å². The number of halogens is 1. The number of hydrogen-bond acceptors (Lipinski definition) is 4. The fourth-order valence-electron chi connectivity index (χ4n) is 1.73. The Bertz CT molecular complexity index is 523. The Morgan fingerprint density at radius 2 is 1.95 bits per heavy atom. The van der Waals surface area contributed by atoms with Crippen molar-refractivity contribution < 1.29 is 18.7 Å². The molecule has 0 aliphatic rings. The summed E-state index contributed by atoms with van der Waals surface area (Å²) in [6.45, 7) is 2.36. The largest absolute Gasteiger partial charge is 0.466 e. The molecule has 6 heteroatoms. The van der Waals surface area contributed by atoms with Crippen molar-refractivity contribution in [2.24, 2.45) is 0 Å². The second-order valence-corrected chi connectivity index (χ2v) is 4.26. The third-order valence-electron chi connectivity index (χ3n) is 2.76. The van der Waals surface area contributed by atoms with E-state index in [9.17, 15) is 14.0 Å². The van der Waals surface area contributed by atoms with Gasteiger partial charge in [-0.2, -0.15) is 5.26 Å². The lowest BCUT2D eigenvalue weighted by molar-refractivity contribution is -0.143. The van der Waals surface area contributed by atoms with Gasteiger partial charge in [-0.25, -0.2) is 4.39 Å². The Hall–Kier alpha value is -2.42. The van der Waals surface area contributed by atoms with Crippen LogP contribution >= 0.6 is 0 Å². The number of nitriles is 1. The van der Waals surface area contributed by atoms with E-state index in [2.05, 4.69) is 0 Å². The van der Waals surface area contributed by atoms with Gasteiger partial charge < -0.3 is 9.64 Å². The van der Waals surface area contributed by atoms with E-state index in [0.717, 1.165) is 0 Å². The number of ether oxygens (including phenoxy) is 1. The number of hydrogen-bond donors (Lipinski definition) is 0. The number of amides is 1. The monoisotopic (exact) mass is 292 g/mol. The van der Waals surface area contributed by atoms with Crippen molar-refractivity contribution in [2.75, 3.05) is 19.7 Å². The lowest BCUT2D eigenvalue weighted by Crippen LogP contribution is -2.34. The first-order valence-corrected chi connectivity index (χ1v) is 6.66. The second kappa shape index (κ2) is 8.69. The minimum Gasteiger partial charge on any atom is -0.466 e. The van der Waals surface area contributed by atoms with Crippen molar-refractivity contribution >= 4 is 11.9 Å². The molecule has 112 valence electrons. The van der Waals surface area contributed by atoms with Crippen molar-refractivity contribution in [3.05, 3.63) is 35.6 Å². The Labute approximate surface area is 122 Å². The van der Waals surface area contributed by atoms with Crippen molar-refractivity contribution in [1.82, 2.24) is 4.90 Å². The fourth-order valence-corrected chi connectivity index (χ4v) is 1.73. The van der Waals surface area contributed by atoms with Crippen LogP contribution in [0, 0.1) is 17.1 Å². The maximum atomic E-state index is 12.9. The minimum absolute atomic E-state index is 0.0617. The molecule has 0 saturated carbocycles. The van der Waals surface area contributed by atoms with Crippen molar-refractivity contribution in [2.45, 2.75) is 19.8 Å². The summed E-state index contributed by atoms with van der Waals surface area (Å²) in [5, 5.41) is 8.64. The van der Waals surface area contributed by atoms with E-state index < -0.39 is 11.8 Å². The molecule has 0 bridgehead atoms. The van der Waals surface area contributed by atoms with E-state index in [0.29, 0.717) is 5.56 Å². The first-order chi connectivity index (χ1) is 10.1.